The Balaban J connectivity index is 1.52. The van der Waals surface area contributed by atoms with Crippen LogP contribution in [0.3, 0.4) is 0 Å². The molecule has 0 unspecified atom stereocenters. The molecule has 1 heterocycles. The molecule has 4 rings (SSSR count). The van der Waals surface area contributed by atoms with Crippen molar-refractivity contribution in [2.24, 2.45) is 0 Å². The molecule has 0 bridgehead atoms. The molecule has 3 aromatic carbocycles. The fourth-order valence-corrected chi connectivity index (χ4v) is 4.72. The highest BCUT2D eigenvalue weighted by Gasteiger charge is 2.31. The molecule has 7 heteroatoms. The van der Waals surface area contributed by atoms with E-state index in [-0.39, 0.29) is 11.8 Å². The summed E-state index contributed by atoms with van der Waals surface area (Å²) >= 11 is 1.45. The Kier molecular flexibility index (Phi) is 7.50. The number of rotatable bonds is 8. The number of benzene rings is 3. The maximum absolute atomic E-state index is 13.2. The third kappa shape index (κ3) is 5.98. The van der Waals surface area contributed by atoms with E-state index in [1.54, 1.807) is 26.0 Å². The van der Waals surface area contributed by atoms with Gasteiger partial charge in [0.2, 0.25) is 0 Å². The monoisotopic (exact) mass is 498 g/mol. The van der Waals surface area contributed by atoms with Crippen LogP contribution in [0.5, 0.6) is 0 Å². The molecule has 0 saturated heterocycles. The Morgan fingerprint density at radius 2 is 1.50 bits per heavy atom. The van der Waals surface area contributed by atoms with Crippen molar-refractivity contribution >= 4 is 34.0 Å². The van der Waals surface area contributed by atoms with Crippen molar-refractivity contribution in [1.29, 1.82) is 0 Å². The van der Waals surface area contributed by atoms with E-state index in [0.29, 0.717) is 17.1 Å². The molecule has 0 atom stereocenters. The largest absolute Gasteiger partial charge is 0.378 e. The normalized spacial score (nSPS) is 11.1. The zero-order valence-corrected chi connectivity index (χ0v) is 21.7. The van der Waals surface area contributed by atoms with Gasteiger partial charge in [-0.3, -0.25) is 14.9 Å². The topological polar surface area (TPSA) is 74.3 Å². The van der Waals surface area contributed by atoms with Crippen LogP contribution in [-0.2, 0) is 11.2 Å². The van der Waals surface area contributed by atoms with Gasteiger partial charge in [0.25, 0.3) is 11.8 Å². The average molecular weight is 499 g/mol. The minimum atomic E-state index is -1.14. The maximum atomic E-state index is 13.2. The van der Waals surface area contributed by atoms with Gasteiger partial charge >= 0.3 is 0 Å². The number of hydrogen-bond donors (Lipinski definition) is 2. The van der Waals surface area contributed by atoms with Crippen molar-refractivity contribution in [3.05, 3.63) is 101 Å². The molecule has 0 aliphatic carbocycles. The summed E-state index contributed by atoms with van der Waals surface area (Å²) < 4.78 is 0. The van der Waals surface area contributed by atoms with Gasteiger partial charge in [-0.25, -0.2) is 4.98 Å². The molecule has 1 aromatic heterocycles. The Morgan fingerprint density at radius 1 is 0.889 bits per heavy atom. The molecule has 0 fully saturated rings. The van der Waals surface area contributed by atoms with Crippen molar-refractivity contribution in [2.75, 3.05) is 24.3 Å². The number of nitrogens with one attached hydrogen (secondary N) is 2. The second-order valence-electron chi connectivity index (χ2n) is 9.29. The summed E-state index contributed by atoms with van der Waals surface area (Å²) in [6.45, 7) is 3.37. The van der Waals surface area contributed by atoms with E-state index in [1.807, 2.05) is 79.7 Å². The SMILES string of the molecule is CN(C)c1ccc(C(=O)NC(C)(C)C(=O)Nc2nc(-c3ccccc3)c(Cc3ccccc3)s2)cc1. The van der Waals surface area contributed by atoms with Crippen LogP contribution in [0.1, 0.15) is 34.6 Å². The van der Waals surface area contributed by atoms with Gasteiger partial charge < -0.3 is 10.2 Å². The highest BCUT2D eigenvalue weighted by Crippen LogP contribution is 2.33. The Bertz CT molecular complexity index is 1330. The van der Waals surface area contributed by atoms with Crippen molar-refractivity contribution < 1.29 is 9.59 Å². The fourth-order valence-electron chi connectivity index (χ4n) is 3.70. The Hall–Kier alpha value is -3.97. The van der Waals surface area contributed by atoms with Gasteiger partial charge in [0.1, 0.15) is 5.54 Å². The van der Waals surface area contributed by atoms with E-state index in [2.05, 4.69) is 22.8 Å². The molecule has 6 nitrogen and oxygen atoms in total. The van der Waals surface area contributed by atoms with E-state index >= 15 is 0 Å². The van der Waals surface area contributed by atoms with Crippen LogP contribution in [-0.4, -0.2) is 36.4 Å². The van der Waals surface area contributed by atoms with Crippen molar-refractivity contribution in [2.45, 2.75) is 25.8 Å². The van der Waals surface area contributed by atoms with E-state index < -0.39 is 5.54 Å². The van der Waals surface area contributed by atoms with Gasteiger partial charge in [0.15, 0.2) is 5.13 Å². The molecular formula is C29H30N4O2S. The summed E-state index contributed by atoms with van der Waals surface area (Å²) in [5.74, 6) is -0.644. The van der Waals surface area contributed by atoms with Crippen LogP contribution < -0.4 is 15.5 Å². The Morgan fingerprint density at radius 3 is 2.11 bits per heavy atom. The van der Waals surface area contributed by atoms with Crippen molar-refractivity contribution in [1.82, 2.24) is 10.3 Å². The van der Waals surface area contributed by atoms with Crippen LogP contribution in [0.15, 0.2) is 84.9 Å². The minimum absolute atomic E-state index is 0.311. The highest BCUT2D eigenvalue weighted by molar-refractivity contribution is 7.16. The number of nitrogens with zero attached hydrogens (tertiary/aromatic N) is 2. The first-order valence-electron chi connectivity index (χ1n) is 11.7. The zero-order valence-electron chi connectivity index (χ0n) is 20.9. The van der Waals surface area contributed by atoms with Crippen LogP contribution in [0, 0.1) is 0 Å². The second kappa shape index (κ2) is 10.7. The quantitative estimate of drug-likeness (QED) is 0.331. The number of anilines is 2. The number of carbonyl (C=O) groups is 2. The molecule has 0 aliphatic heterocycles. The van der Waals surface area contributed by atoms with E-state index in [1.165, 1.54) is 16.9 Å². The number of amides is 2. The zero-order chi connectivity index (χ0) is 25.7. The van der Waals surface area contributed by atoms with Crippen LogP contribution >= 0.6 is 11.3 Å². The first-order chi connectivity index (χ1) is 17.2. The lowest BCUT2D eigenvalue weighted by atomic mass is 10.0. The number of carbonyl (C=O) groups excluding carboxylic acids is 2. The van der Waals surface area contributed by atoms with Crippen molar-refractivity contribution in [3.8, 4) is 11.3 Å². The van der Waals surface area contributed by atoms with Gasteiger partial charge in [-0.2, -0.15) is 0 Å². The van der Waals surface area contributed by atoms with E-state index in [9.17, 15) is 9.59 Å². The number of aromatic nitrogens is 1. The molecule has 36 heavy (non-hydrogen) atoms. The van der Waals surface area contributed by atoms with Gasteiger partial charge in [-0.15, -0.1) is 11.3 Å². The molecule has 0 radical (unpaired) electrons. The van der Waals surface area contributed by atoms with Crippen LogP contribution in [0.2, 0.25) is 0 Å². The lowest BCUT2D eigenvalue weighted by molar-refractivity contribution is -0.120. The van der Waals surface area contributed by atoms with Gasteiger partial charge in [0.05, 0.1) is 5.69 Å². The smallest absolute Gasteiger partial charge is 0.252 e. The lowest BCUT2D eigenvalue weighted by Gasteiger charge is -2.24. The second-order valence-corrected chi connectivity index (χ2v) is 10.4. The Labute approximate surface area is 216 Å². The summed E-state index contributed by atoms with van der Waals surface area (Å²) in [5, 5.41) is 6.28. The van der Waals surface area contributed by atoms with E-state index in [0.717, 1.165) is 21.8 Å². The molecule has 0 spiro atoms. The van der Waals surface area contributed by atoms with E-state index in [4.69, 9.17) is 4.98 Å². The molecular weight excluding hydrogens is 468 g/mol. The lowest BCUT2D eigenvalue weighted by Crippen LogP contribution is -2.52. The fraction of sp³-hybridized carbons (Fsp3) is 0.207. The molecule has 0 saturated carbocycles. The third-order valence-corrected chi connectivity index (χ3v) is 6.78. The van der Waals surface area contributed by atoms with Gasteiger partial charge in [-0.05, 0) is 43.7 Å². The first-order valence-corrected chi connectivity index (χ1v) is 12.5. The predicted molar refractivity (Wildman–Crippen MR) is 148 cm³/mol. The van der Waals surface area contributed by atoms with Gasteiger partial charge in [-0.1, -0.05) is 60.7 Å². The van der Waals surface area contributed by atoms with Crippen molar-refractivity contribution in [3.63, 3.8) is 0 Å². The summed E-state index contributed by atoms with van der Waals surface area (Å²) in [4.78, 5) is 33.8. The third-order valence-electron chi connectivity index (χ3n) is 5.81. The average Bonchev–Trinajstić information content (AvgIpc) is 3.26. The number of thiazole rings is 1. The summed E-state index contributed by atoms with van der Waals surface area (Å²) in [5.41, 5.74) is 3.36. The molecule has 4 aromatic rings. The summed E-state index contributed by atoms with van der Waals surface area (Å²) in [6, 6.07) is 27.4. The molecule has 0 aliphatic rings. The van der Waals surface area contributed by atoms with Crippen LogP contribution in [0.4, 0.5) is 10.8 Å². The minimum Gasteiger partial charge on any atom is -0.378 e. The highest BCUT2D eigenvalue weighted by atomic mass is 32.1. The summed E-state index contributed by atoms with van der Waals surface area (Å²) in [7, 11) is 3.88. The van der Waals surface area contributed by atoms with Gasteiger partial charge in [0, 0.05) is 42.2 Å². The van der Waals surface area contributed by atoms with Crippen LogP contribution in [0.25, 0.3) is 11.3 Å². The maximum Gasteiger partial charge on any atom is 0.252 e. The molecule has 2 amide bonds. The predicted octanol–water partition coefficient (Wildman–Crippen LogP) is 5.61. The molecule has 2 N–H and O–H groups in total. The first kappa shape index (κ1) is 25.1. The molecule has 184 valence electrons. The summed E-state index contributed by atoms with van der Waals surface area (Å²) in [6.07, 6.45) is 0.710. The standard InChI is InChI=1S/C29H30N4O2S/c1-29(2,32-26(34)22-15-17-23(18-16-22)33(3)4)27(35)31-28-30-25(21-13-9-6-10-14-21)24(36-28)19-20-11-7-5-8-12-20/h5-18H,19H2,1-4H3,(H,32,34)(H,30,31,35). The number of hydrogen-bond acceptors (Lipinski definition) is 5.